The van der Waals surface area contributed by atoms with Gasteiger partial charge in [-0.3, -0.25) is 9.59 Å². The lowest BCUT2D eigenvalue weighted by Gasteiger charge is -2.21. The van der Waals surface area contributed by atoms with E-state index in [4.69, 9.17) is 42.0 Å². The minimum Gasteiger partial charge on any atom is -0.496 e. The average molecular weight is 671 g/mol. The number of fused-ring (bicyclic) bond motifs is 4. The molecule has 0 radical (unpaired) electrons. The average Bonchev–Trinajstić information content (AvgIpc) is 3.10. The van der Waals surface area contributed by atoms with Crippen LogP contribution in [0, 0.1) is 0 Å². The van der Waals surface area contributed by atoms with Crippen LogP contribution in [0.5, 0.6) is 46.0 Å². The number of hydrogen-bond acceptors (Lipinski definition) is 11. The quantitative estimate of drug-likeness (QED) is 0.118. The van der Waals surface area contributed by atoms with Crippen molar-refractivity contribution in [2.75, 3.05) is 42.7 Å². The summed E-state index contributed by atoms with van der Waals surface area (Å²) in [5, 5.41) is 2.44. The Bertz CT molecular complexity index is 2190. The normalized spacial score (nSPS) is 11.3. The molecule has 6 aromatic rings. The van der Waals surface area contributed by atoms with Gasteiger partial charge < -0.3 is 42.0 Å². The van der Waals surface area contributed by atoms with Gasteiger partial charge in [0.1, 0.15) is 56.5 Å². The molecular weight excluding hydrogens is 632 g/mol. The smallest absolute Gasteiger partial charge is 0.196 e. The Kier molecular flexibility index (Phi) is 9.18. The summed E-state index contributed by atoms with van der Waals surface area (Å²) in [4.78, 5) is 26.9. The van der Waals surface area contributed by atoms with E-state index in [1.807, 2.05) is 13.8 Å². The number of aryl methyl sites for hydroxylation is 2. The maximum Gasteiger partial charge on any atom is 0.196 e. The van der Waals surface area contributed by atoms with Crippen molar-refractivity contribution in [2.24, 2.45) is 0 Å². The maximum atomic E-state index is 13.4. The molecule has 0 unspecified atom stereocenters. The van der Waals surface area contributed by atoms with E-state index in [1.54, 1.807) is 24.3 Å². The van der Waals surface area contributed by atoms with Crippen molar-refractivity contribution in [2.45, 2.75) is 39.5 Å². The molecular formula is C38H38O11. The highest BCUT2D eigenvalue weighted by Gasteiger charge is 2.28. The number of methoxy groups -OCH3 is 6. The minimum absolute atomic E-state index is 0.241. The molecule has 11 heteroatoms. The second-order valence-corrected chi connectivity index (χ2v) is 11.4. The zero-order chi connectivity index (χ0) is 35.0. The SMILES string of the molecule is CCCc1cc(=O)c2c(OC)c3c(OC)cc(OC)c(Oc4c(OC)cc(OC)c5c(OC)c6c(=O)cc(CCC)oc6cc45)c3cc2o1. The van der Waals surface area contributed by atoms with E-state index in [0.29, 0.717) is 80.1 Å². The van der Waals surface area contributed by atoms with E-state index in [-0.39, 0.29) is 44.6 Å². The second-order valence-electron chi connectivity index (χ2n) is 11.4. The topological polar surface area (TPSA) is 125 Å². The molecule has 0 bridgehead atoms. The lowest BCUT2D eigenvalue weighted by molar-refractivity contribution is 0.353. The van der Waals surface area contributed by atoms with Crippen LogP contribution in [0.2, 0.25) is 0 Å². The highest BCUT2D eigenvalue weighted by atomic mass is 16.5. The molecule has 256 valence electrons. The van der Waals surface area contributed by atoms with Crippen molar-refractivity contribution in [1.29, 1.82) is 0 Å². The molecule has 0 atom stereocenters. The fourth-order valence-electron chi connectivity index (χ4n) is 6.39. The summed E-state index contributed by atoms with van der Waals surface area (Å²) in [5.74, 6) is 3.53. The van der Waals surface area contributed by atoms with Crippen molar-refractivity contribution in [3.63, 3.8) is 0 Å². The third kappa shape index (κ3) is 5.48. The van der Waals surface area contributed by atoms with Gasteiger partial charge >= 0.3 is 0 Å². The molecule has 2 aromatic heterocycles. The molecule has 0 saturated carbocycles. The van der Waals surface area contributed by atoms with Gasteiger partial charge in [0.15, 0.2) is 33.9 Å². The lowest BCUT2D eigenvalue weighted by Crippen LogP contribution is -2.06. The second kappa shape index (κ2) is 13.5. The molecule has 0 aliphatic rings. The summed E-state index contributed by atoms with van der Waals surface area (Å²) in [6, 6.07) is 9.73. The van der Waals surface area contributed by atoms with Gasteiger partial charge in [-0.25, -0.2) is 0 Å². The Balaban J connectivity index is 1.76. The zero-order valence-electron chi connectivity index (χ0n) is 28.8. The van der Waals surface area contributed by atoms with Crippen LogP contribution in [0.25, 0.3) is 43.5 Å². The fraction of sp³-hybridized carbons (Fsp3) is 0.316. The van der Waals surface area contributed by atoms with Crippen molar-refractivity contribution >= 4 is 43.5 Å². The molecule has 6 rings (SSSR count). The van der Waals surface area contributed by atoms with E-state index in [1.165, 1.54) is 54.8 Å². The van der Waals surface area contributed by atoms with E-state index >= 15 is 0 Å². The Hall–Kier alpha value is -5.58. The first kappa shape index (κ1) is 33.3. The molecule has 0 saturated heterocycles. The minimum atomic E-state index is -0.241. The van der Waals surface area contributed by atoms with Crippen LogP contribution in [0.3, 0.4) is 0 Å². The summed E-state index contributed by atoms with van der Waals surface area (Å²) in [7, 11) is 9.02. The van der Waals surface area contributed by atoms with Gasteiger partial charge in [0.25, 0.3) is 0 Å². The van der Waals surface area contributed by atoms with Crippen LogP contribution < -0.4 is 44.0 Å². The highest BCUT2D eigenvalue weighted by Crippen LogP contribution is 2.53. The van der Waals surface area contributed by atoms with Gasteiger partial charge in [0.05, 0.1) is 53.4 Å². The molecule has 0 amide bonds. The van der Waals surface area contributed by atoms with Crippen LogP contribution in [-0.4, -0.2) is 42.7 Å². The van der Waals surface area contributed by atoms with E-state index in [9.17, 15) is 9.59 Å². The molecule has 0 aliphatic carbocycles. The molecule has 0 fully saturated rings. The monoisotopic (exact) mass is 670 g/mol. The number of ether oxygens (including phenoxy) is 7. The third-order valence-electron chi connectivity index (χ3n) is 8.49. The predicted molar refractivity (Wildman–Crippen MR) is 187 cm³/mol. The van der Waals surface area contributed by atoms with E-state index in [0.717, 1.165) is 12.8 Å². The molecule has 4 aromatic carbocycles. The summed E-state index contributed by atoms with van der Waals surface area (Å²) in [6.07, 6.45) is 2.74. The standard InChI is InChI=1S/C38H38O11/c1-9-11-19-13-23(39)33-27(47-19)15-21-31(37(33)45-7)25(41-3)17-29(43-5)35(21)49-36-22-16-28-34(24(40)14-20(48-28)12-10-2)38(46-8)32(22)26(42-4)18-30(36)44-6/h13-18H,9-12H2,1-8H3. The third-order valence-corrected chi connectivity index (χ3v) is 8.49. The van der Waals surface area contributed by atoms with E-state index < -0.39 is 0 Å². The Morgan fingerprint density at radius 2 is 0.857 bits per heavy atom. The van der Waals surface area contributed by atoms with Crippen molar-refractivity contribution in [3.8, 4) is 46.0 Å². The van der Waals surface area contributed by atoms with Gasteiger partial charge in [-0.15, -0.1) is 0 Å². The number of rotatable bonds is 12. The van der Waals surface area contributed by atoms with Crippen LogP contribution >= 0.6 is 0 Å². The summed E-state index contributed by atoms with van der Waals surface area (Å²) in [5.41, 5.74) is 0.138. The first-order chi connectivity index (χ1) is 23.8. The van der Waals surface area contributed by atoms with Crippen LogP contribution in [0.15, 0.2) is 54.8 Å². The van der Waals surface area contributed by atoms with Gasteiger partial charge in [-0.05, 0) is 25.0 Å². The fourth-order valence-corrected chi connectivity index (χ4v) is 6.39. The van der Waals surface area contributed by atoms with Crippen LogP contribution in [0.4, 0.5) is 0 Å². The van der Waals surface area contributed by atoms with Gasteiger partial charge in [-0.1, -0.05) is 13.8 Å². The Morgan fingerprint density at radius 3 is 1.18 bits per heavy atom. The molecule has 11 nitrogen and oxygen atoms in total. The van der Waals surface area contributed by atoms with Gasteiger partial charge in [0, 0.05) is 47.9 Å². The highest BCUT2D eigenvalue weighted by molar-refractivity contribution is 6.11. The number of benzene rings is 4. The van der Waals surface area contributed by atoms with Crippen LogP contribution in [0.1, 0.15) is 38.2 Å². The first-order valence-corrected chi connectivity index (χ1v) is 15.9. The predicted octanol–water partition coefficient (Wildman–Crippen LogP) is 7.95. The molecule has 0 N–H and O–H groups in total. The zero-order valence-corrected chi connectivity index (χ0v) is 28.8. The van der Waals surface area contributed by atoms with Gasteiger partial charge in [-0.2, -0.15) is 0 Å². The van der Waals surface area contributed by atoms with Gasteiger partial charge in [0.2, 0.25) is 0 Å². The lowest BCUT2D eigenvalue weighted by atomic mass is 10.0. The first-order valence-electron chi connectivity index (χ1n) is 15.9. The Morgan fingerprint density at radius 1 is 0.469 bits per heavy atom. The van der Waals surface area contributed by atoms with Crippen molar-refractivity contribution in [1.82, 2.24) is 0 Å². The molecule has 0 aliphatic heterocycles. The summed E-state index contributed by atoms with van der Waals surface area (Å²) in [6.45, 7) is 4.01. The maximum absolute atomic E-state index is 13.4. The molecule has 49 heavy (non-hydrogen) atoms. The molecule has 0 spiro atoms. The summed E-state index contributed by atoms with van der Waals surface area (Å²) < 4.78 is 54.3. The number of hydrogen-bond donors (Lipinski definition) is 0. The van der Waals surface area contributed by atoms with Crippen molar-refractivity contribution in [3.05, 3.63) is 68.4 Å². The summed E-state index contributed by atoms with van der Waals surface area (Å²) >= 11 is 0. The van der Waals surface area contributed by atoms with Crippen molar-refractivity contribution < 1.29 is 42.0 Å². The molecule has 2 heterocycles. The van der Waals surface area contributed by atoms with E-state index in [2.05, 4.69) is 0 Å². The Labute approximate surface area is 281 Å². The van der Waals surface area contributed by atoms with Crippen LogP contribution in [-0.2, 0) is 12.8 Å². The largest absolute Gasteiger partial charge is 0.496 e.